The zero-order valence-electron chi connectivity index (χ0n) is 26.2. The van der Waals surface area contributed by atoms with Crippen LogP contribution >= 0.6 is 11.6 Å². The van der Waals surface area contributed by atoms with E-state index in [2.05, 4.69) is 0 Å². The number of hydrogen-bond acceptors (Lipinski definition) is 9. The minimum atomic E-state index is -1.24. The Morgan fingerprint density at radius 2 is 1.78 bits per heavy atom. The summed E-state index contributed by atoms with van der Waals surface area (Å²) in [5, 5.41) is 19.3. The van der Waals surface area contributed by atoms with Crippen LogP contribution in [-0.4, -0.2) is 74.0 Å². The zero-order chi connectivity index (χ0) is 33.6. The lowest BCUT2D eigenvalue weighted by atomic mass is 9.92. The topological polar surface area (TPSA) is 158 Å². The number of carboxylic acid groups (broad SMARTS) is 1. The number of hydrogen-bond donors (Lipinski definition) is 3. The fourth-order valence-electron chi connectivity index (χ4n) is 5.27. The summed E-state index contributed by atoms with van der Waals surface area (Å²) in [6, 6.07) is 16.1. The number of carboxylic acids is 1. The molecule has 4 rings (SSSR count). The zero-order valence-corrected chi connectivity index (χ0v) is 27.0. The van der Waals surface area contributed by atoms with Crippen molar-refractivity contribution in [3.05, 3.63) is 82.4 Å². The summed E-state index contributed by atoms with van der Waals surface area (Å²) in [5.74, 6) is -0.733. The van der Waals surface area contributed by atoms with Gasteiger partial charge >= 0.3 is 5.97 Å². The second-order valence-electron chi connectivity index (χ2n) is 11.8. The first-order valence-electron chi connectivity index (χ1n) is 14.7. The number of rotatable bonds is 14. The average molecular weight is 655 g/mol. The number of anilines is 1. The lowest BCUT2D eigenvalue weighted by Gasteiger charge is -2.32. The smallest absolute Gasteiger partial charge is 0.341 e. The summed E-state index contributed by atoms with van der Waals surface area (Å²) in [6.07, 6.45) is -2.28. The van der Waals surface area contributed by atoms with Crippen molar-refractivity contribution in [2.45, 2.75) is 44.9 Å². The second-order valence-corrected chi connectivity index (χ2v) is 12.3. The quantitative estimate of drug-likeness (QED) is 0.230. The van der Waals surface area contributed by atoms with Crippen molar-refractivity contribution in [1.82, 2.24) is 0 Å². The van der Waals surface area contributed by atoms with Crippen molar-refractivity contribution in [2.24, 2.45) is 11.1 Å². The van der Waals surface area contributed by atoms with E-state index in [-0.39, 0.29) is 26.0 Å². The van der Waals surface area contributed by atoms with Crippen molar-refractivity contribution in [1.29, 1.82) is 0 Å². The van der Waals surface area contributed by atoms with Gasteiger partial charge in [0.05, 0.1) is 20.3 Å². The van der Waals surface area contributed by atoms with Gasteiger partial charge in [-0.1, -0.05) is 49.7 Å². The minimum Gasteiger partial charge on any atom is -0.493 e. The third kappa shape index (κ3) is 8.16. The highest BCUT2D eigenvalue weighted by Gasteiger charge is 2.41. The second kappa shape index (κ2) is 15.0. The van der Waals surface area contributed by atoms with Gasteiger partial charge in [-0.2, -0.15) is 0 Å². The molecule has 1 aliphatic rings. The molecule has 11 nitrogen and oxygen atoms in total. The first-order chi connectivity index (χ1) is 21.9. The third-order valence-electron chi connectivity index (χ3n) is 7.68. The van der Waals surface area contributed by atoms with Crippen LogP contribution < -0.4 is 24.8 Å². The Balaban J connectivity index is 1.69. The van der Waals surface area contributed by atoms with E-state index in [9.17, 15) is 19.5 Å². The number of fused-ring (bicyclic) bond motifs is 1. The van der Waals surface area contributed by atoms with Gasteiger partial charge in [0.1, 0.15) is 18.0 Å². The summed E-state index contributed by atoms with van der Waals surface area (Å²) < 4.78 is 23.0. The number of nitrogens with two attached hydrogens (primary N) is 1. The summed E-state index contributed by atoms with van der Waals surface area (Å²) in [4.78, 5) is 40.2. The number of nitrogens with zero attached hydrogens (tertiary/aromatic N) is 1. The molecule has 246 valence electrons. The highest BCUT2D eigenvalue weighted by molar-refractivity contribution is 6.30. The molecule has 12 heteroatoms. The predicted molar refractivity (Wildman–Crippen MR) is 172 cm³/mol. The number of ether oxygens (including phenoxy) is 4. The molecule has 0 fully saturated rings. The Hall–Kier alpha value is -4.16. The lowest BCUT2D eigenvalue weighted by Crippen LogP contribution is -2.47. The number of methoxy groups -OCH3 is 2. The molecular weight excluding hydrogens is 616 g/mol. The van der Waals surface area contributed by atoms with E-state index >= 15 is 0 Å². The van der Waals surface area contributed by atoms with Gasteiger partial charge in [0.25, 0.3) is 5.91 Å². The molecule has 0 radical (unpaired) electrons. The molecule has 1 unspecified atom stereocenters. The van der Waals surface area contributed by atoms with Gasteiger partial charge in [-0.05, 0) is 48.4 Å². The minimum absolute atomic E-state index is 0.134. The molecule has 3 aromatic rings. The summed E-state index contributed by atoms with van der Waals surface area (Å²) in [6.45, 7) is 3.13. The number of carbonyl (C=O) groups excluding carboxylic acids is 2. The van der Waals surface area contributed by atoms with E-state index < -0.39 is 47.9 Å². The molecule has 4 N–H and O–H groups in total. The number of halogens is 1. The Kier molecular flexibility index (Phi) is 11.3. The highest BCUT2D eigenvalue weighted by Crippen LogP contribution is 2.45. The van der Waals surface area contributed by atoms with Crippen LogP contribution in [0.5, 0.6) is 17.2 Å². The molecule has 0 bridgehead atoms. The van der Waals surface area contributed by atoms with E-state index in [1.807, 2.05) is 13.8 Å². The monoisotopic (exact) mass is 654 g/mol. The number of amides is 1. The number of para-hydroxylation sites is 1. The molecule has 0 saturated heterocycles. The van der Waals surface area contributed by atoms with Gasteiger partial charge in [-0.3, -0.25) is 9.59 Å². The van der Waals surface area contributed by atoms with E-state index in [0.717, 1.165) is 5.56 Å². The van der Waals surface area contributed by atoms with Crippen LogP contribution in [0.25, 0.3) is 0 Å². The third-order valence-corrected chi connectivity index (χ3v) is 7.91. The first kappa shape index (κ1) is 34.7. The molecule has 1 aliphatic heterocycles. The van der Waals surface area contributed by atoms with Crippen LogP contribution in [0.3, 0.4) is 0 Å². The van der Waals surface area contributed by atoms with Crippen LogP contribution in [-0.2, 0) is 25.5 Å². The number of Topliss-reactive ketones (excluding diaryl/α,β-unsaturated/α-hetero) is 1. The van der Waals surface area contributed by atoms with E-state index in [1.54, 1.807) is 60.7 Å². The maximum atomic E-state index is 14.3. The number of carbonyl (C=O) groups is 3. The van der Waals surface area contributed by atoms with Crippen LogP contribution in [0.1, 0.15) is 43.1 Å². The van der Waals surface area contributed by atoms with Crippen molar-refractivity contribution in [3.8, 4) is 17.2 Å². The summed E-state index contributed by atoms with van der Waals surface area (Å²) in [7, 11) is 3.02. The highest BCUT2D eigenvalue weighted by atomic mass is 35.5. The number of aliphatic hydroxyl groups excluding tert-OH is 1. The van der Waals surface area contributed by atoms with Gasteiger partial charge in [-0.15, -0.1) is 0 Å². The Morgan fingerprint density at radius 3 is 2.41 bits per heavy atom. The van der Waals surface area contributed by atoms with E-state index in [1.165, 1.54) is 19.1 Å². The molecule has 1 heterocycles. The Labute approximate surface area is 272 Å². The lowest BCUT2D eigenvalue weighted by molar-refractivity contribution is -0.139. The predicted octanol–water partition coefficient (Wildman–Crippen LogP) is 4.19. The van der Waals surface area contributed by atoms with Crippen LogP contribution in [0.15, 0.2) is 60.7 Å². The van der Waals surface area contributed by atoms with Crippen LogP contribution in [0, 0.1) is 5.41 Å². The summed E-state index contributed by atoms with van der Waals surface area (Å²) in [5.41, 5.74) is 8.05. The molecule has 0 aliphatic carbocycles. The van der Waals surface area contributed by atoms with Crippen molar-refractivity contribution < 1.29 is 43.5 Å². The van der Waals surface area contributed by atoms with E-state index in [4.69, 9.17) is 41.4 Å². The van der Waals surface area contributed by atoms with Crippen LogP contribution in [0.4, 0.5) is 5.69 Å². The van der Waals surface area contributed by atoms with Gasteiger partial charge in [-0.25, -0.2) is 4.79 Å². The maximum absolute atomic E-state index is 14.3. The van der Waals surface area contributed by atoms with E-state index in [0.29, 0.717) is 39.1 Å². The average Bonchev–Trinajstić information content (AvgIpc) is 3.14. The Bertz CT molecular complexity index is 1560. The summed E-state index contributed by atoms with van der Waals surface area (Å²) >= 11 is 6.48. The van der Waals surface area contributed by atoms with Crippen molar-refractivity contribution in [2.75, 3.05) is 38.9 Å². The first-order valence-corrected chi connectivity index (χ1v) is 15.0. The van der Waals surface area contributed by atoms with Gasteiger partial charge in [0.15, 0.2) is 23.9 Å². The van der Waals surface area contributed by atoms with Crippen molar-refractivity contribution >= 4 is 34.9 Å². The van der Waals surface area contributed by atoms with Gasteiger partial charge in [0.2, 0.25) is 0 Å². The standard InChI is InChI=1S/C34H39ClN2O9/c1-34(2,19-38)18-37-26-13-10-21(35)15-24(26)31(23-6-5-7-28(43-3)32(23)44-4)46-29(33(37)42)16-27(39)25(36)14-20-8-11-22(12-9-20)45-17-30(40)41/h5-13,15,25,29,31,38H,14,16-19,36H2,1-4H3,(H,40,41)/t25?,29-,31-/m1/s1. The van der Waals surface area contributed by atoms with Gasteiger partial charge < -0.3 is 39.8 Å². The SMILES string of the molecule is COc1cccc([C@H]2O[C@H](CC(=O)C(N)Cc3ccc(OCC(=O)O)cc3)C(=O)N(CC(C)(C)CO)c3ccc(Cl)cc32)c1OC. The van der Waals surface area contributed by atoms with Crippen molar-refractivity contribution in [3.63, 3.8) is 0 Å². The number of ketones is 1. The molecule has 0 saturated carbocycles. The maximum Gasteiger partial charge on any atom is 0.341 e. The molecule has 1 amide bonds. The number of aliphatic carboxylic acids is 1. The molecule has 0 spiro atoms. The molecule has 3 atom stereocenters. The van der Waals surface area contributed by atoms with Gasteiger partial charge in [0, 0.05) is 46.8 Å². The molecular formula is C34H39ClN2O9. The molecule has 3 aromatic carbocycles. The molecule has 0 aromatic heterocycles. The number of aliphatic hydroxyl groups is 1. The fourth-order valence-corrected chi connectivity index (χ4v) is 5.45. The largest absolute Gasteiger partial charge is 0.493 e. The Morgan fingerprint density at radius 1 is 1.07 bits per heavy atom. The number of benzene rings is 3. The fraction of sp³-hybridized carbons (Fsp3) is 0.382. The molecule has 46 heavy (non-hydrogen) atoms. The van der Waals surface area contributed by atoms with Crippen LogP contribution in [0.2, 0.25) is 5.02 Å². The normalized spacial score (nSPS) is 17.1.